The molecule has 3 heterocycles. The quantitative estimate of drug-likeness (QED) is 0.664. The number of carbonyl (C=O) groups excluding carboxylic acids is 2. The maximum absolute atomic E-state index is 12.9. The monoisotopic (exact) mass is 426 g/mol. The number of hydrogen-bond acceptors (Lipinski definition) is 5. The second kappa shape index (κ2) is 7.75. The fraction of sp³-hybridized carbons (Fsp3) is 0.250. The van der Waals surface area contributed by atoms with Crippen molar-refractivity contribution in [3.05, 3.63) is 63.2 Å². The molecule has 10 heteroatoms. The Morgan fingerprint density at radius 3 is 2.60 bits per heavy atom. The number of nitrogens with zero attached hydrogens (tertiary/aromatic N) is 4. The molecule has 1 unspecified atom stereocenters. The van der Waals surface area contributed by atoms with Gasteiger partial charge in [0.05, 0.1) is 11.6 Å². The lowest BCUT2D eigenvalue weighted by atomic mass is 10.1. The van der Waals surface area contributed by atoms with Crippen molar-refractivity contribution in [2.24, 2.45) is 5.92 Å². The van der Waals surface area contributed by atoms with Crippen LogP contribution in [0, 0.1) is 19.8 Å². The summed E-state index contributed by atoms with van der Waals surface area (Å²) in [6.07, 6.45) is 0.0983. The molecule has 4 rings (SSSR count). The average Bonchev–Trinajstić information content (AvgIpc) is 3.24. The van der Waals surface area contributed by atoms with Gasteiger partial charge in [0.25, 0.3) is 5.56 Å². The summed E-state index contributed by atoms with van der Waals surface area (Å²) in [4.78, 5) is 45.6. The van der Waals surface area contributed by atoms with Crippen molar-refractivity contribution in [2.75, 3.05) is 16.8 Å². The number of nitrogens with one attached hydrogen (secondary N) is 2. The molecule has 3 aromatic rings. The van der Waals surface area contributed by atoms with Gasteiger partial charge in [0.15, 0.2) is 0 Å². The van der Waals surface area contributed by atoms with Crippen molar-refractivity contribution < 1.29 is 9.59 Å². The summed E-state index contributed by atoms with van der Waals surface area (Å²) in [7, 11) is 0. The van der Waals surface area contributed by atoms with Crippen molar-refractivity contribution in [1.29, 1.82) is 0 Å². The van der Waals surface area contributed by atoms with E-state index in [2.05, 4.69) is 20.4 Å². The molecule has 0 aliphatic carbocycles. The first kappa shape index (κ1) is 19.8. The van der Waals surface area contributed by atoms with Crippen molar-refractivity contribution in [1.82, 2.24) is 19.7 Å². The normalized spacial score (nSPS) is 16.2. The van der Waals surface area contributed by atoms with E-state index in [0.29, 0.717) is 27.9 Å². The maximum Gasteiger partial charge on any atom is 0.252 e. The largest absolute Gasteiger partial charge is 0.312 e. The molecular weight excluding hydrogens is 408 g/mol. The number of H-pyrrole nitrogens is 1. The van der Waals surface area contributed by atoms with Crippen LogP contribution in [0.3, 0.4) is 0 Å². The van der Waals surface area contributed by atoms with Crippen LogP contribution in [0.5, 0.6) is 0 Å². The Balaban J connectivity index is 1.54. The van der Waals surface area contributed by atoms with E-state index in [1.165, 1.54) is 10.7 Å². The van der Waals surface area contributed by atoms with Gasteiger partial charge in [-0.15, -0.1) is 0 Å². The van der Waals surface area contributed by atoms with E-state index in [0.717, 1.165) is 0 Å². The summed E-state index contributed by atoms with van der Waals surface area (Å²) in [5.74, 6) is -0.401. The number of aromatic nitrogens is 4. The maximum atomic E-state index is 12.9. The summed E-state index contributed by atoms with van der Waals surface area (Å²) in [6.45, 7) is 3.73. The topological polar surface area (TPSA) is 113 Å². The van der Waals surface area contributed by atoms with Gasteiger partial charge in [0.1, 0.15) is 5.82 Å². The Hall–Kier alpha value is -3.46. The highest BCUT2D eigenvalue weighted by atomic mass is 35.5. The highest BCUT2D eigenvalue weighted by molar-refractivity contribution is 6.30. The summed E-state index contributed by atoms with van der Waals surface area (Å²) in [6, 6.07) is 9.95. The van der Waals surface area contributed by atoms with Gasteiger partial charge in [-0.05, 0) is 38.1 Å². The summed E-state index contributed by atoms with van der Waals surface area (Å²) in [5, 5.41) is 7.69. The second-order valence-electron chi connectivity index (χ2n) is 7.16. The molecule has 0 bridgehead atoms. The third-order valence-electron chi connectivity index (χ3n) is 4.77. The smallest absolute Gasteiger partial charge is 0.252 e. The first-order chi connectivity index (χ1) is 14.3. The Labute approximate surface area is 176 Å². The molecule has 1 atom stereocenters. The first-order valence-corrected chi connectivity index (χ1v) is 9.70. The standard InChI is InChI=1S/C20H19ClN6O3/c1-11-8-17(28)24-20(22-11)27-16(7-12(2)25-27)23-19(30)13-9-18(29)26(10-13)15-5-3-14(21)4-6-15/h3-8,13H,9-10H2,1-2H3,(H,23,30)(H,22,24,28). The van der Waals surface area contributed by atoms with Gasteiger partial charge >= 0.3 is 0 Å². The summed E-state index contributed by atoms with van der Waals surface area (Å²) in [5.41, 5.74) is 1.55. The van der Waals surface area contributed by atoms with Gasteiger partial charge in [0.2, 0.25) is 17.8 Å². The number of hydrogen-bond donors (Lipinski definition) is 2. The van der Waals surface area contributed by atoms with E-state index >= 15 is 0 Å². The van der Waals surface area contributed by atoms with Crippen LogP contribution in [-0.4, -0.2) is 38.1 Å². The molecule has 0 radical (unpaired) electrons. The van der Waals surface area contributed by atoms with Crippen LogP contribution < -0.4 is 15.8 Å². The molecule has 1 aliphatic rings. The highest BCUT2D eigenvalue weighted by Gasteiger charge is 2.35. The van der Waals surface area contributed by atoms with Gasteiger partial charge in [0, 0.05) is 41.5 Å². The third-order valence-corrected chi connectivity index (χ3v) is 5.03. The third kappa shape index (κ3) is 3.97. The Morgan fingerprint density at radius 2 is 1.90 bits per heavy atom. The molecule has 9 nitrogen and oxygen atoms in total. The number of benzene rings is 1. The number of aromatic amines is 1. The number of halogens is 1. The zero-order valence-electron chi connectivity index (χ0n) is 16.3. The molecule has 1 aromatic carbocycles. The summed E-state index contributed by atoms with van der Waals surface area (Å²) < 4.78 is 1.37. The van der Waals surface area contributed by atoms with Crippen LogP contribution in [0.15, 0.2) is 41.2 Å². The van der Waals surface area contributed by atoms with Crippen LogP contribution in [0.25, 0.3) is 5.95 Å². The van der Waals surface area contributed by atoms with Crippen LogP contribution >= 0.6 is 11.6 Å². The first-order valence-electron chi connectivity index (χ1n) is 9.32. The minimum atomic E-state index is -0.527. The molecule has 2 amide bonds. The number of carbonyl (C=O) groups is 2. The van der Waals surface area contributed by atoms with Crippen molar-refractivity contribution in [3.63, 3.8) is 0 Å². The van der Waals surface area contributed by atoms with E-state index in [1.54, 1.807) is 49.1 Å². The second-order valence-corrected chi connectivity index (χ2v) is 7.60. The van der Waals surface area contributed by atoms with Crippen molar-refractivity contribution in [3.8, 4) is 5.95 Å². The molecule has 1 aliphatic heterocycles. The van der Waals surface area contributed by atoms with E-state index in [1.807, 2.05) is 0 Å². The Bertz CT molecular complexity index is 1180. The molecule has 0 spiro atoms. The van der Waals surface area contributed by atoms with E-state index in [-0.39, 0.29) is 36.3 Å². The van der Waals surface area contributed by atoms with E-state index in [9.17, 15) is 14.4 Å². The fourth-order valence-corrected chi connectivity index (χ4v) is 3.52. The Morgan fingerprint density at radius 1 is 1.17 bits per heavy atom. The predicted molar refractivity (Wildman–Crippen MR) is 112 cm³/mol. The number of amides is 2. The zero-order valence-corrected chi connectivity index (χ0v) is 17.1. The number of aryl methyl sites for hydroxylation is 2. The lowest BCUT2D eigenvalue weighted by Crippen LogP contribution is -2.28. The fourth-order valence-electron chi connectivity index (χ4n) is 3.40. The van der Waals surface area contributed by atoms with Gasteiger partial charge in [-0.3, -0.25) is 19.4 Å². The molecular formula is C20H19ClN6O3. The Kier molecular flexibility index (Phi) is 5.13. The predicted octanol–water partition coefficient (Wildman–Crippen LogP) is 2.22. The van der Waals surface area contributed by atoms with Crippen LogP contribution in [0.1, 0.15) is 17.8 Å². The summed E-state index contributed by atoms with van der Waals surface area (Å²) >= 11 is 5.91. The van der Waals surface area contributed by atoms with Gasteiger partial charge in [-0.2, -0.15) is 9.78 Å². The zero-order chi connectivity index (χ0) is 21.4. The average molecular weight is 427 g/mol. The van der Waals surface area contributed by atoms with Crippen LogP contribution in [0.4, 0.5) is 11.5 Å². The lowest BCUT2D eigenvalue weighted by Gasteiger charge is -2.17. The molecule has 1 fully saturated rings. The molecule has 2 aromatic heterocycles. The SMILES string of the molecule is Cc1cc(=O)[nH]c(-n2nc(C)cc2NC(=O)C2CC(=O)N(c3ccc(Cl)cc3)C2)n1. The highest BCUT2D eigenvalue weighted by Crippen LogP contribution is 2.27. The van der Waals surface area contributed by atoms with E-state index < -0.39 is 5.92 Å². The lowest BCUT2D eigenvalue weighted by molar-refractivity contribution is -0.122. The van der Waals surface area contributed by atoms with Gasteiger partial charge in [-0.1, -0.05) is 11.6 Å². The van der Waals surface area contributed by atoms with Gasteiger partial charge in [-0.25, -0.2) is 4.98 Å². The van der Waals surface area contributed by atoms with Crippen molar-refractivity contribution in [2.45, 2.75) is 20.3 Å². The molecule has 2 N–H and O–H groups in total. The molecule has 1 saturated heterocycles. The molecule has 0 saturated carbocycles. The molecule has 154 valence electrons. The minimum absolute atomic E-state index is 0.0983. The van der Waals surface area contributed by atoms with Crippen LogP contribution in [-0.2, 0) is 9.59 Å². The van der Waals surface area contributed by atoms with Gasteiger partial charge < -0.3 is 10.2 Å². The van der Waals surface area contributed by atoms with Crippen molar-refractivity contribution >= 4 is 34.9 Å². The van der Waals surface area contributed by atoms with E-state index in [4.69, 9.17) is 11.6 Å². The van der Waals surface area contributed by atoms with Crippen LogP contribution in [0.2, 0.25) is 5.02 Å². The molecule has 30 heavy (non-hydrogen) atoms. The number of anilines is 2. The number of rotatable bonds is 4. The minimum Gasteiger partial charge on any atom is -0.312 e.